The first kappa shape index (κ1) is 17.5. The molecule has 1 aromatic carbocycles. The average Bonchev–Trinajstić information content (AvgIpc) is 3.06. The van der Waals surface area contributed by atoms with Crippen LogP contribution in [0.2, 0.25) is 0 Å². The molecule has 24 heavy (non-hydrogen) atoms. The van der Waals surface area contributed by atoms with Crippen LogP contribution in [0.3, 0.4) is 0 Å². The lowest BCUT2D eigenvalue weighted by Crippen LogP contribution is -2.31. The molecule has 1 atom stereocenters. The van der Waals surface area contributed by atoms with E-state index in [1.54, 1.807) is 30.7 Å². The van der Waals surface area contributed by atoms with Crippen LogP contribution in [0, 0.1) is 0 Å². The van der Waals surface area contributed by atoms with Gasteiger partial charge in [-0.05, 0) is 30.7 Å². The minimum absolute atomic E-state index is 0.0253. The maximum atomic E-state index is 12.1. The minimum Gasteiger partial charge on any atom is -0.350 e. The molecule has 0 spiro atoms. The molecule has 1 heterocycles. The number of rotatable bonds is 5. The fourth-order valence-corrected chi connectivity index (χ4v) is 1.87. The van der Waals surface area contributed by atoms with Gasteiger partial charge in [-0.3, -0.25) is 14.3 Å². The summed E-state index contributed by atoms with van der Waals surface area (Å²) in [5.41, 5.74) is 0.707. The van der Waals surface area contributed by atoms with Gasteiger partial charge in [0.25, 0.3) is 0 Å². The van der Waals surface area contributed by atoms with Crippen molar-refractivity contribution in [1.29, 1.82) is 0 Å². The third-order valence-electron chi connectivity index (χ3n) is 3.24. The number of aromatic nitrogens is 2. The van der Waals surface area contributed by atoms with Gasteiger partial charge in [0.15, 0.2) is 0 Å². The van der Waals surface area contributed by atoms with Crippen LogP contribution < -0.4 is 10.6 Å². The van der Waals surface area contributed by atoms with E-state index in [9.17, 15) is 22.8 Å². The molecule has 0 radical (unpaired) electrons. The Balaban J connectivity index is 1.88. The summed E-state index contributed by atoms with van der Waals surface area (Å²) in [5.74, 6) is -2.27. The maximum absolute atomic E-state index is 12.1. The van der Waals surface area contributed by atoms with Crippen LogP contribution in [0.5, 0.6) is 0 Å². The van der Waals surface area contributed by atoms with Crippen molar-refractivity contribution in [2.45, 2.75) is 25.7 Å². The summed E-state index contributed by atoms with van der Waals surface area (Å²) in [5, 5.41) is 8.43. The third kappa shape index (κ3) is 4.58. The van der Waals surface area contributed by atoms with Crippen LogP contribution in [0.4, 0.5) is 18.9 Å². The molecule has 2 aromatic rings. The fourth-order valence-electron chi connectivity index (χ4n) is 1.87. The summed E-state index contributed by atoms with van der Waals surface area (Å²) in [6.07, 6.45) is -1.70. The predicted molar refractivity (Wildman–Crippen MR) is 79.9 cm³/mol. The molecular weight excluding hydrogens is 325 g/mol. The first-order valence-corrected chi connectivity index (χ1v) is 7.01. The van der Waals surface area contributed by atoms with Crippen LogP contribution in [-0.2, 0) is 16.1 Å². The number of carbonyl (C=O) groups is 2. The largest absolute Gasteiger partial charge is 0.471 e. The molecule has 0 saturated heterocycles. The maximum Gasteiger partial charge on any atom is 0.471 e. The van der Waals surface area contributed by atoms with Gasteiger partial charge in [0.1, 0.15) is 6.04 Å². The van der Waals surface area contributed by atoms with Crippen LogP contribution in [-0.4, -0.2) is 27.8 Å². The number of amides is 2. The molecule has 0 saturated carbocycles. The highest BCUT2D eigenvalue weighted by atomic mass is 19.4. The number of nitrogens with zero attached hydrogens (tertiary/aromatic N) is 2. The number of hydrogen-bond donors (Lipinski definition) is 2. The van der Waals surface area contributed by atoms with Crippen molar-refractivity contribution in [3.63, 3.8) is 0 Å². The topological polar surface area (TPSA) is 76.0 Å². The number of alkyl halides is 3. The van der Waals surface area contributed by atoms with Crippen molar-refractivity contribution in [1.82, 2.24) is 15.1 Å². The quantitative estimate of drug-likeness (QED) is 0.877. The molecule has 0 fully saturated rings. The van der Waals surface area contributed by atoms with E-state index in [0.29, 0.717) is 5.56 Å². The van der Waals surface area contributed by atoms with E-state index >= 15 is 0 Å². The normalized spacial score (nSPS) is 12.5. The van der Waals surface area contributed by atoms with Crippen LogP contribution >= 0.6 is 0 Å². The zero-order valence-electron chi connectivity index (χ0n) is 12.7. The molecule has 128 valence electrons. The van der Waals surface area contributed by atoms with Gasteiger partial charge in [0.05, 0.1) is 0 Å². The van der Waals surface area contributed by atoms with Crippen molar-refractivity contribution in [3.8, 4) is 0 Å². The standard InChI is InChI=1S/C15H15F3N4O2/c1-10(22-8-2-7-20-22)13(23)19-9-11-3-5-12(6-4-11)21-14(24)15(16,17)18/h2-8,10H,9H2,1H3,(H,19,23)(H,21,24)/t10-/m0/s1. The molecule has 0 aliphatic rings. The molecule has 2 amide bonds. The van der Waals surface area contributed by atoms with E-state index in [2.05, 4.69) is 10.4 Å². The Morgan fingerprint density at radius 3 is 2.46 bits per heavy atom. The Morgan fingerprint density at radius 2 is 1.92 bits per heavy atom. The second kappa shape index (κ2) is 7.16. The number of benzene rings is 1. The zero-order valence-corrected chi connectivity index (χ0v) is 12.7. The molecule has 0 aliphatic carbocycles. The first-order valence-electron chi connectivity index (χ1n) is 7.01. The fraction of sp³-hybridized carbons (Fsp3) is 0.267. The van der Waals surface area contributed by atoms with Gasteiger partial charge >= 0.3 is 12.1 Å². The van der Waals surface area contributed by atoms with E-state index in [0.717, 1.165) is 0 Å². The molecule has 2 rings (SSSR count). The second-order valence-corrected chi connectivity index (χ2v) is 5.03. The second-order valence-electron chi connectivity index (χ2n) is 5.03. The molecular formula is C15H15F3N4O2. The molecule has 9 heteroatoms. The highest BCUT2D eigenvalue weighted by Crippen LogP contribution is 2.18. The number of anilines is 1. The molecule has 0 aliphatic heterocycles. The number of halogens is 3. The van der Waals surface area contributed by atoms with Gasteiger partial charge in [-0.25, -0.2) is 0 Å². The SMILES string of the molecule is C[C@@H](C(=O)NCc1ccc(NC(=O)C(F)(F)F)cc1)n1cccn1. The van der Waals surface area contributed by atoms with Crippen LogP contribution in [0.25, 0.3) is 0 Å². The van der Waals surface area contributed by atoms with Gasteiger partial charge in [0, 0.05) is 24.6 Å². The van der Waals surface area contributed by atoms with E-state index in [1.807, 2.05) is 0 Å². The monoisotopic (exact) mass is 340 g/mol. The van der Waals surface area contributed by atoms with Crippen molar-refractivity contribution < 1.29 is 22.8 Å². The molecule has 0 unspecified atom stereocenters. The summed E-state index contributed by atoms with van der Waals surface area (Å²) in [6.45, 7) is 1.90. The molecule has 2 N–H and O–H groups in total. The minimum atomic E-state index is -4.94. The Hall–Kier alpha value is -2.84. The number of carbonyl (C=O) groups excluding carboxylic acids is 2. The lowest BCUT2D eigenvalue weighted by molar-refractivity contribution is -0.167. The highest BCUT2D eigenvalue weighted by molar-refractivity contribution is 5.94. The molecule has 1 aromatic heterocycles. The van der Waals surface area contributed by atoms with Crippen molar-refractivity contribution in [2.75, 3.05) is 5.32 Å². The van der Waals surface area contributed by atoms with Gasteiger partial charge in [0.2, 0.25) is 5.91 Å². The van der Waals surface area contributed by atoms with E-state index in [-0.39, 0.29) is 18.1 Å². The first-order chi connectivity index (χ1) is 11.3. The van der Waals surface area contributed by atoms with Crippen molar-refractivity contribution in [2.24, 2.45) is 0 Å². The summed E-state index contributed by atoms with van der Waals surface area (Å²) in [6, 6.07) is 6.93. The highest BCUT2D eigenvalue weighted by Gasteiger charge is 2.38. The molecule has 6 nitrogen and oxygen atoms in total. The van der Waals surface area contributed by atoms with Gasteiger partial charge < -0.3 is 10.6 Å². The summed E-state index contributed by atoms with van der Waals surface area (Å²) in [4.78, 5) is 22.8. The average molecular weight is 340 g/mol. The Bertz CT molecular complexity index is 697. The summed E-state index contributed by atoms with van der Waals surface area (Å²) < 4.78 is 38.0. The Labute approximate surface area is 135 Å². The van der Waals surface area contributed by atoms with Crippen molar-refractivity contribution in [3.05, 3.63) is 48.3 Å². The van der Waals surface area contributed by atoms with Gasteiger partial charge in [-0.1, -0.05) is 12.1 Å². The summed E-state index contributed by atoms with van der Waals surface area (Å²) >= 11 is 0. The Morgan fingerprint density at radius 1 is 1.25 bits per heavy atom. The Kier molecular flexibility index (Phi) is 5.22. The van der Waals surface area contributed by atoms with E-state index in [1.165, 1.54) is 28.9 Å². The van der Waals surface area contributed by atoms with Crippen LogP contribution in [0.15, 0.2) is 42.7 Å². The lowest BCUT2D eigenvalue weighted by atomic mass is 10.2. The van der Waals surface area contributed by atoms with Crippen LogP contribution in [0.1, 0.15) is 18.5 Å². The lowest BCUT2D eigenvalue weighted by Gasteiger charge is -2.13. The summed E-state index contributed by atoms with van der Waals surface area (Å²) in [7, 11) is 0. The van der Waals surface area contributed by atoms with E-state index < -0.39 is 18.1 Å². The van der Waals surface area contributed by atoms with Gasteiger partial charge in [-0.15, -0.1) is 0 Å². The van der Waals surface area contributed by atoms with Gasteiger partial charge in [-0.2, -0.15) is 18.3 Å². The zero-order chi connectivity index (χ0) is 17.7. The van der Waals surface area contributed by atoms with Crippen molar-refractivity contribution >= 4 is 17.5 Å². The smallest absolute Gasteiger partial charge is 0.350 e. The third-order valence-corrected chi connectivity index (χ3v) is 3.24. The number of hydrogen-bond acceptors (Lipinski definition) is 3. The van der Waals surface area contributed by atoms with E-state index in [4.69, 9.17) is 0 Å². The molecule has 0 bridgehead atoms. The predicted octanol–water partition coefficient (Wildman–Crippen LogP) is 2.26. The number of nitrogens with one attached hydrogen (secondary N) is 2.